The zero-order valence-corrected chi connectivity index (χ0v) is 51.2. The first-order chi connectivity index (χ1) is 42.0. The molecule has 0 unspecified atom stereocenters. The molecular weight excluding hydrogens is 1390 g/mol. The van der Waals surface area contributed by atoms with Crippen molar-refractivity contribution in [1.82, 2.24) is 60.3 Å². The maximum absolute atomic E-state index is 10.0. The zero-order chi connectivity index (χ0) is 63.4. The van der Waals surface area contributed by atoms with Gasteiger partial charge in [-0.1, -0.05) is 97.1 Å². The first kappa shape index (κ1) is 84.5. The van der Waals surface area contributed by atoms with Crippen molar-refractivity contribution in [2.24, 2.45) is 0 Å². The second-order valence-electron chi connectivity index (χ2n) is 17.1. The van der Waals surface area contributed by atoms with Gasteiger partial charge in [0, 0.05) is 92.7 Å². The normalized spacial score (nSPS) is 9.85. The summed E-state index contributed by atoms with van der Waals surface area (Å²) >= 11 is 0. The Morgan fingerprint density at radius 2 is 0.421 bits per heavy atom. The van der Waals surface area contributed by atoms with Gasteiger partial charge < -0.3 is 67.0 Å². The van der Waals surface area contributed by atoms with Crippen LogP contribution in [0.4, 0.5) is 0 Å². The Morgan fingerprint density at radius 3 is 0.526 bits per heavy atom. The fourth-order valence-corrected chi connectivity index (χ4v) is 7.78. The van der Waals surface area contributed by atoms with Gasteiger partial charge in [0.1, 0.15) is 11.4 Å². The minimum Gasteiger partial charge on any atom is -0.543 e. The number of nitrogens with one attached hydrogen (secondary N) is 2. The van der Waals surface area contributed by atoms with Crippen LogP contribution in [0.15, 0.2) is 207 Å². The first-order valence-electron chi connectivity index (χ1n) is 24.6. The molecule has 0 saturated carbocycles. The number of fused-ring (bicyclic) bond motifs is 12. The standard InChI is InChI=1S/4C12H8N2.2C5H4N2O4.2ClHO4.2Co.5H2O/c4*1-3-9-5-6-10-4-2-8-14-12(10)11(9)13-7-1;2*8-4(9)2-1-3(5(10)11)7-6-2;2*2-1(3,4)5;;;;;;;/h4*1-8H;2*1H,(H,6,7)(H,8,9)(H,10,11);2*(H,2,3,4,5);;;5*1H2/q;;;;;;;;2*+3;;;;;/p-6. The predicted molar refractivity (Wildman–Crippen MR) is 301 cm³/mol. The fourth-order valence-electron chi connectivity index (χ4n) is 7.78. The monoisotopic (exact) mass is 1430 g/mol. The van der Waals surface area contributed by atoms with Crippen molar-refractivity contribution in [3.8, 4) is 0 Å². The van der Waals surface area contributed by atoms with E-state index in [-0.39, 0.29) is 72.3 Å². The average Bonchev–Trinajstić information content (AvgIpc) is 1.43. The Balaban J connectivity index is 0.00000107. The number of rotatable bonds is 4. The van der Waals surface area contributed by atoms with Crippen LogP contribution in [0.25, 0.3) is 87.2 Å². The van der Waals surface area contributed by atoms with Gasteiger partial charge in [-0.3, -0.25) is 50.1 Å². The first-order valence-corrected chi connectivity index (χ1v) is 27.0. The maximum atomic E-state index is 10.0. The molecule has 95 heavy (non-hydrogen) atoms. The third-order valence-corrected chi connectivity index (χ3v) is 11.4. The molecule has 10 heterocycles. The number of pyridine rings is 8. The smallest absolute Gasteiger partial charge is 0.543 e. The van der Waals surface area contributed by atoms with Crippen molar-refractivity contribution in [3.63, 3.8) is 0 Å². The Bertz CT molecular complexity index is 3940. The van der Waals surface area contributed by atoms with Crippen LogP contribution in [0.1, 0.15) is 42.0 Å². The number of nitrogens with zero attached hydrogens (tertiary/aromatic N) is 10. The minimum absolute atomic E-state index is 0. The van der Waals surface area contributed by atoms with Crippen molar-refractivity contribution >= 4 is 111 Å². The quantitative estimate of drug-likeness (QED) is 0.155. The zero-order valence-electron chi connectivity index (χ0n) is 47.6. The number of halogens is 2. The van der Waals surface area contributed by atoms with Crippen LogP contribution < -0.4 is 57.7 Å². The number of benzene rings is 4. The van der Waals surface area contributed by atoms with E-state index in [1.165, 1.54) is 0 Å². The Hall–Kier alpha value is -10.5. The fraction of sp³-hybridized carbons (Fsp3) is 0. The number of carboxylic acid groups (broad SMARTS) is 4. The second-order valence-corrected chi connectivity index (χ2v) is 18.6. The predicted octanol–water partition coefficient (Wildman–Crippen LogP) is -8.24. The van der Waals surface area contributed by atoms with Gasteiger partial charge in [0.05, 0.1) is 79.4 Å². The van der Waals surface area contributed by atoms with Gasteiger partial charge in [-0.2, -0.15) is 10.2 Å². The van der Waals surface area contributed by atoms with E-state index in [1.54, 1.807) is 49.6 Å². The Morgan fingerprint density at radius 1 is 0.274 bits per heavy atom. The van der Waals surface area contributed by atoms with E-state index in [0.29, 0.717) is 0 Å². The minimum atomic E-state index is -4.94. The molecule has 0 saturated heterocycles. The molecule has 0 fully saturated rings. The average molecular weight is 1440 g/mol. The molecule has 10 aromatic heterocycles. The largest absolute Gasteiger partial charge is 3.00 e. The van der Waals surface area contributed by atoms with Crippen LogP contribution in [0.3, 0.4) is 0 Å². The molecule has 0 aliphatic carbocycles. The Kier molecular flexibility index (Phi) is 35.4. The summed E-state index contributed by atoms with van der Waals surface area (Å²) in [6, 6.07) is 50.2. The summed E-state index contributed by atoms with van der Waals surface area (Å²) in [4.78, 5) is 74.9. The number of hydrogen-bond acceptors (Lipinski definition) is 26. The summed E-state index contributed by atoms with van der Waals surface area (Å²) in [7, 11) is -9.89. The molecule has 14 rings (SSSR count). The van der Waals surface area contributed by atoms with E-state index in [4.69, 9.17) is 37.3 Å². The van der Waals surface area contributed by atoms with E-state index in [1.807, 2.05) is 58.7 Å². The van der Waals surface area contributed by atoms with E-state index >= 15 is 0 Å². The van der Waals surface area contributed by atoms with E-state index in [2.05, 4.69) is 147 Å². The van der Waals surface area contributed by atoms with Gasteiger partial charge >= 0.3 is 33.6 Å². The van der Waals surface area contributed by atoms with E-state index in [0.717, 1.165) is 99.4 Å². The summed E-state index contributed by atoms with van der Waals surface area (Å²) < 4.78 is 67.9. The third-order valence-electron chi connectivity index (χ3n) is 11.4. The third kappa shape index (κ3) is 25.5. The van der Waals surface area contributed by atoms with Gasteiger partial charge in [0.25, 0.3) is 0 Å². The SMILES string of the molecule is O.O.O.O.O.O=C([O-])c1cc(C(=O)[O-])[nH]n1.O=C([O-])c1cc(C(=O)[O-])[nH]n1.[Co+3].[Co+3].[O-][Cl+3]([O-])([O-])[O-].[O-][Cl+3]([O-])([O-])[O-].c1cnc2c(c1)ccc1cccnc12.c1cnc2c(c1)ccc1cccnc12.c1cnc2c(c1)ccc1cccnc12.c1cnc2c(c1)ccc1cccnc12. The number of H-pyrrole nitrogens is 2. The molecule has 37 heteroatoms. The van der Waals surface area contributed by atoms with Crippen molar-refractivity contribution in [2.75, 3.05) is 0 Å². The number of aromatic carboxylic acids is 4. The van der Waals surface area contributed by atoms with Gasteiger partial charge in [0.2, 0.25) is 0 Å². The molecule has 496 valence electrons. The Labute approximate surface area is 556 Å². The van der Waals surface area contributed by atoms with E-state index in [9.17, 15) is 39.6 Å². The number of aromatic nitrogens is 12. The van der Waals surface area contributed by atoms with Gasteiger partial charge in [-0.15, -0.1) is 20.5 Å². The maximum Gasteiger partial charge on any atom is 3.00 e. The van der Waals surface area contributed by atoms with Gasteiger partial charge in [0.15, 0.2) is 0 Å². The van der Waals surface area contributed by atoms with Crippen molar-refractivity contribution in [2.45, 2.75) is 0 Å². The van der Waals surface area contributed by atoms with Crippen LogP contribution >= 0.6 is 0 Å². The van der Waals surface area contributed by atoms with Gasteiger partial charge in [-0.05, 0) is 60.7 Å². The van der Waals surface area contributed by atoms with Crippen molar-refractivity contribution < 1.29 is 158 Å². The number of carbonyl (C=O) groups excluding carboxylic acids is 4. The second kappa shape index (κ2) is 39.8. The molecule has 12 N–H and O–H groups in total. The van der Waals surface area contributed by atoms with E-state index < -0.39 is 55.8 Å². The summed E-state index contributed by atoms with van der Waals surface area (Å²) in [5, 5.41) is 59.4. The molecule has 0 spiro atoms. The summed E-state index contributed by atoms with van der Waals surface area (Å²) in [6.45, 7) is 0. The number of hydrogen-bond donors (Lipinski definition) is 2. The number of carboxylic acids is 4. The molecule has 0 atom stereocenters. The molecule has 0 bridgehead atoms. The van der Waals surface area contributed by atoms with Gasteiger partial charge in [-0.25, -0.2) is 37.3 Å². The molecule has 0 amide bonds. The molecular formula is C58H46Cl2Co2N12O21. The van der Waals surface area contributed by atoms with Crippen molar-refractivity contribution in [3.05, 3.63) is 230 Å². The van der Waals surface area contributed by atoms with Crippen molar-refractivity contribution in [1.29, 1.82) is 0 Å². The summed E-state index contributed by atoms with van der Waals surface area (Å²) in [5.74, 6) is -6.09. The van der Waals surface area contributed by atoms with Crippen LogP contribution in [-0.2, 0) is 33.6 Å². The van der Waals surface area contributed by atoms with Crippen LogP contribution in [-0.4, -0.2) is 112 Å². The molecule has 0 aliphatic heterocycles. The number of carbonyl (C=O) groups is 4. The number of aromatic amines is 2. The molecule has 4 aromatic carbocycles. The summed E-state index contributed by atoms with van der Waals surface area (Å²) in [5.41, 5.74) is 6.14. The molecule has 14 aromatic rings. The molecule has 33 nitrogen and oxygen atoms in total. The summed E-state index contributed by atoms with van der Waals surface area (Å²) in [6.07, 6.45) is 14.4. The molecule has 0 aliphatic rings. The van der Waals surface area contributed by atoms with Crippen LogP contribution in [0.5, 0.6) is 0 Å². The topological polar surface area (TPSA) is 663 Å². The van der Waals surface area contributed by atoms with Crippen LogP contribution in [0, 0.1) is 20.5 Å². The molecule has 0 radical (unpaired) electrons. The van der Waals surface area contributed by atoms with Crippen LogP contribution in [0.2, 0.25) is 0 Å².